The average Bonchev–Trinajstić information content (AvgIpc) is 3.33. The minimum absolute atomic E-state index is 0.0394. The van der Waals surface area contributed by atoms with Crippen molar-refractivity contribution in [2.75, 3.05) is 50.9 Å². The molecule has 0 amide bonds. The normalized spacial score (nSPS) is 22.7. The molecule has 10 heteroatoms. The molecular formula is C32H35ClFN5O3. The van der Waals surface area contributed by atoms with E-state index in [0.29, 0.717) is 41.5 Å². The number of aromatic hydroxyl groups is 1. The zero-order valence-corrected chi connectivity index (χ0v) is 24.4. The molecule has 3 aliphatic heterocycles. The fraction of sp³-hybridized carbons (Fsp3) is 0.438. The number of nitrogens with one attached hydrogen (secondary N) is 1. The Labute approximate surface area is 249 Å². The zero-order chi connectivity index (χ0) is 28.8. The summed E-state index contributed by atoms with van der Waals surface area (Å²) in [5.41, 5.74) is 0.875. The summed E-state index contributed by atoms with van der Waals surface area (Å²) in [6, 6.07) is 13.8. The second-order valence-electron chi connectivity index (χ2n) is 11.7. The summed E-state index contributed by atoms with van der Waals surface area (Å²) in [6.07, 6.45) is 3.01. The number of morpholine rings is 1. The highest BCUT2D eigenvalue weighted by Crippen LogP contribution is 2.42. The fourth-order valence-corrected chi connectivity index (χ4v) is 7.00. The topological polar surface area (TPSA) is 83.0 Å². The maximum Gasteiger partial charge on any atom is 0.319 e. The Balaban J connectivity index is 1.28. The molecule has 3 atom stereocenters. The Morgan fingerprint density at radius 3 is 2.74 bits per heavy atom. The average molecular weight is 592 g/mol. The van der Waals surface area contributed by atoms with Crippen molar-refractivity contribution in [3.8, 4) is 22.9 Å². The minimum atomic E-state index is -0.554. The number of phenols is 1. The second kappa shape index (κ2) is 11.4. The van der Waals surface area contributed by atoms with Crippen molar-refractivity contribution in [1.29, 1.82) is 0 Å². The van der Waals surface area contributed by atoms with E-state index in [2.05, 4.69) is 27.0 Å². The molecule has 0 radical (unpaired) electrons. The summed E-state index contributed by atoms with van der Waals surface area (Å²) < 4.78 is 28.3. The van der Waals surface area contributed by atoms with E-state index in [1.165, 1.54) is 0 Å². The van der Waals surface area contributed by atoms with Gasteiger partial charge in [-0.05, 0) is 60.7 Å². The molecule has 220 valence electrons. The monoisotopic (exact) mass is 591 g/mol. The van der Waals surface area contributed by atoms with Crippen LogP contribution >= 0.6 is 11.6 Å². The van der Waals surface area contributed by atoms with Gasteiger partial charge in [0.25, 0.3) is 0 Å². The van der Waals surface area contributed by atoms with Gasteiger partial charge in [0.15, 0.2) is 5.82 Å². The number of nitrogens with zero attached hydrogens (tertiary/aromatic N) is 4. The molecule has 4 heterocycles. The summed E-state index contributed by atoms with van der Waals surface area (Å²) in [5.74, 6) is 0.128. The van der Waals surface area contributed by atoms with Gasteiger partial charge in [0, 0.05) is 55.3 Å². The molecule has 2 bridgehead atoms. The van der Waals surface area contributed by atoms with Gasteiger partial charge in [-0.3, -0.25) is 4.90 Å². The lowest BCUT2D eigenvalue weighted by molar-refractivity contribution is -0.00211. The first kappa shape index (κ1) is 27.6. The van der Waals surface area contributed by atoms with Crippen LogP contribution in [0.3, 0.4) is 0 Å². The van der Waals surface area contributed by atoms with Crippen LogP contribution in [0, 0.1) is 5.82 Å². The summed E-state index contributed by atoms with van der Waals surface area (Å²) in [5, 5.41) is 16.5. The Hall–Kier alpha value is -3.24. The maximum atomic E-state index is 16.7. The van der Waals surface area contributed by atoms with E-state index in [4.69, 9.17) is 26.1 Å². The van der Waals surface area contributed by atoms with Crippen molar-refractivity contribution in [3.05, 3.63) is 53.3 Å². The number of halogens is 2. The highest BCUT2D eigenvalue weighted by molar-refractivity contribution is 6.35. The van der Waals surface area contributed by atoms with E-state index in [0.717, 1.165) is 69.4 Å². The smallest absolute Gasteiger partial charge is 0.319 e. The number of aromatic nitrogens is 2. The Kier molecular flexibility index (Phi) is 7.52. The third-order valence-electron chi connectivity index (χ3n) is 8.80. The largest absolute Gasteiger partial charge is 0.508 e. The Bertz CT molecular complexity index is 1630. The van der Waals surface area contributed by atoms with Crippen molar-refractivity contribution in [3.63, 3.8) is 0 Å². The number of rotatable bonds is 7. The molecule has 8 nitrogen and oxygen atoms in total. The van der Waals surface area contributed by atoms with Crippen molar-refractivity contribution < 1.29 is 19.0 Å². The fourth-order valence-electron chi connectivity index (χ4n) is 6.71. The quantitative estimate of drug-likeness (QED) is 0.277. The molecule has 0 aliphatic carbocycles. The van der Waals surface area contributed by atoms with E-state index in [-0.39, 0.29) is 27.9 Å². The minimum Gasteiger partial charge on any atom is -0.508 e. The number of hydrogen-bond acceptors (Lipinski definition) is 8. The van der Waals surface area contributed by atoms with Crippen molar-refractivity contribution in [2.24, 2.45) is 0 Å². The molecule has 2 N–H and O–H groups in total. The van der Waals surface area contributed by atoms with Crippen LogP contribution in [-0.4, -0.2) is 84.1 Å². The molecule has 42 heavy (non-hydrogen) atoms. The summed E-state index contributed by atoms with van der Waals surface area (Å²) in [7, 11) is 0. The van der Waals surface area contributed by atoms with Gasteiger partial charge < -0.3 is 24.8 Å². The van der Waals surface area contributed by atoms with E-state index in [1.807, 2.05) is 24.3 Å². The van der Waals surface area contributed by atoms with Crippen LogP contribution in [0.4, 0.5) is 10.2 Å². The molecule has 3 saturated heterocycles. The molecule has 0 spiro atoms. The Morgan fingerprint density at radius 2 is 1.93 bits per heavy atom. The molecule has 3 aromatic carbocycles. The van der Waals surface area contributed by atoms with Crippen LogP contribution in [0.25, 0.3) is 32.8 Å². The second-order valence-corrected chi connectivity index (χ2v) is 12.1. The molecule has 0 saturated carbocycles. The highest BCUT2D eigenvalue weighted by atomic mass is 35.5. The maximum absolute atomic E-state index is 16.7. The SMILES string of the molecule is CC1COCCN1CCCOc1nc(N2CC3CCC(C2)N3)c2cc(Cl)c(-c3cc(O)cc4ccccc34)c(F)c2n1. The third kappa shape index (κ3) is 5.24. The lowest BCUT2D eigenvalue weighted by Crippen LogP contribution is -2.51. The van der Waals surface area contributed by atoms with Gasteiger partial charge in [-0.1, -0.05) is 35.9 Å². The predicted octanol–water partition coefficient (Wildman–Crippen LogP) is 5.38. The van der Waals surface area contributed by atoms with Gasteiger partial charge in [-0.2, -0.15) is 9.97 Å². The van der Waals surface area contributed by atoms with Gasteiger partial charge in [0.1, 0.15) is 17.1 Å². The molecular weight excluding hydrogens is 557 g/mol. The van der Waals surface area contributed by atoms with Gasteiger partial charge in [0.2, 0.25) is 0 Å². The van der Waals surface area contributed by atoms with Crippen LogP contribution in [0.5, 0.6) is 11.8 Å². The molecule has 1 aromatic heterocycles. The van der Waals surface area contributed by atoms with Gasteiger partial charge in [0.05, 0.1) is 24.8 Å². The van der Waals surface area contributed by atoms with Crippen LogP contribution in [0.1, 0.15) is 26.2 Å². The molecule has 7 rings (SSSR count). The van der Waals surface area contributed by atoms with Gasteiger partial charge in [-0.15, -0.1) is 0 Å². The van der Waals surface area contributed by atoms with Crippen LogP contribution < -0.4 is 15.0 Å². The first-order valence-corrected chi connectivity index (χ1v) is 15.2. The lowest BCUT2D eigenvalue weighted by atomic mass is 9.96. The first-order chi connectivity index (χ1) is 20.4. The van der Waals surface area contributed by atoms with E-state index in [1.54, 1.807) is 18.2 Å². The number of hydrogen-bond donors (Lipinski definition) is 2. The van der Waals surface area contributed by atoms with E-state index in [9.17, 15) is 5.11 Å². The van der Waals surface area contributed by atoms with Gasteiger partial charge in [-0.25, -0.2) is 4.39 Å². The third-order valence-corrected chi connectivity index (χ3v) is 9.10. The summed E-state index contributed by atoms with van der Waals surface area (Å²) in [6.45, 7) is 7.40. The Morgan fingerprint density at radius 1 is 1.12 bits per heavy atom. The van der Waals surface area contributed by atoms with Crippen LogP contribution in [0.15, 0.2) is 42.5 Å². The first-order valence-electron chi connectivity index (χ1n) is 14.8. The van der Waals surface area contributed by atoms with E-state index >= 15 is 4.39 Å². The van der Waals surface area contributed by atoms with Crippen LogP contribution in [-0.2, 0) is 4.74 Å². The van der Waals surface area contributed by atoms with Crippen molar-refractivity contribution >= 4 is 39.1 Å². The molecule has 3 unspecified atom stereocenters. The number of piperazine rings is 1. The van der Waals surface area contributed by atoms with Crippen LogP contribution in [0.2, 0.25) is 5.02 Å². The number of fused-ring (bicyclic) bond motifs is 4. The highest BCUT2D eigenvalue weighted by Gasteiger charge is 2.34. The standard InChI is InChI=1S/C32H35ClFN5O3/c1-19-18-41-12-10-38(19)9-4-11-42-32-36-30-26(31(37-32)39-16-21-7-8-22(17-39)35-21)15-27(33)28(29(30)34)25-14-23(40)13-20-5-2-3-6-24(20)25/h2-3,5-6,13-15,19,21-22,35,40H,4,7-12,16-18H2,1H3. The predicted molar refractivity (Wildman–Crippen MR) is 163 cm³/mol. The number of anilines is 1. The molecule has 3 fully saturated rings. The zero-order valence-electron chi connectivity index (χ0n) is 23.7. The molecule has 4 aromatic rings. The molecule has 3 aliphatic rings. The van der Waals surface area contributed by atoms with E-state index < -0.39 is 5.82 Å². The van der Waals surface area contributed by atoms with Gasteiger partial charge >= 0.3 is 6.01 Å². The number of benzene rings is 3. The number of phenolic OH excluding ortho intramolecular Hbond substituents is 1. The van der Waals surface area contributed by atoms with Crippen molar-refractivity contribution in [1.82, 2.24) is 20.2 Å². The number of ether oxygens (including phenoxy) is 2. The summed E-state index contributed by atoms with van der Waals surface area (Å²) >= 11 is 6.85. The van der Waals surface area contributed by atoms with Crippen molar-refractivity contribution in [2.45, 2.75) is 44.3 Å². The summed E-state index contributed by atoms with van der Waals surface area (Å²) in [4.78, 5) is 14.0. The lowest BCUT2D eigenvalue weighted by Gasteiger charge is -2.34.